The second-order valence-electron chi connectivity index (χ2n) is 4.48. The van der Waals surface area contributed by atoms with E-state index in [4.69, 9.17) is 0 Å². The smallest absolute Gasteiger partial charge is 0.126 e. The van der Waals surface area contributed by atoms with Crippen LogP contribution >= 0.6 is 0 Å². The summed E-state index contributed by atoms with van der Waals surface area (Å²) in [5.41, 5.74) is 1.35. The predicted molar refractivity (Wildman–Crippen MR) is 67.7 cm³/mol. The summed E-state index contributed by atoms with van der Waals surface area (Å²) in [4.78, 5) is 4.35. The Morgan fingerprint density at radius 2 is 2.25 bits per heavy atom. The first kappa shape index (κ1) is 11.4. The highest BCUT2D eigenvalue weighted by Crippen LogP contribution is 2.13. The fourth-order valence-electron chi connectivity index (χ4n) is 2.13. The van der Waals surface area contributed by atoms with Gasteiger partial charge in [0, 0.05) is 12.7 Å². The molecule has 2 heterocycles. The molecular formula is C13H21N3. The number of aromatic nitrogens is 1. The van der Waals surface area contributed by atoms with E-state index < -0.39 is 0 Å². The second kappa shape index (κ2) is 5.85. The fourth-order valence-corrected chi connectivity index (χ4v) is 2.13. The minimum atomic E-state index is 0.799. The van der Waals surface area contributed by atoms with E-state index in [0.717, 1.165) is 37.8 Å². The highest BCUT2D eigenvalue weighted by atomic mass is 15.0. The van der Waals surface area contributed by atoms with Crippen molar-refractivity contribution < 1.29 is 0 Å². The molecule has 1 saturated heterocycles. The molecule has 1 fully saturated rings. The lowest BCUT2D eigenvalue weighted by Crippen LogP contribution is -2.31. The quantitative estimate of drug-likeness (QED) is 0.814. The van der Waals surface area contributed by atoms with Crippen LogP contribution in [0.2, 0.25) is 0 Å². The van der Waals surface area contributed by atoms with Crippen LogP contribution in [-0.2, 0) is 6.42 Å². The van der Waals surface area contributed by atoms with Crippen LogP contribution in [0.5, 0.6) is 0 Å². The number of rotatable bonds is 4. The van der Waals surface area contributed by atoms with Crippen molar-refractivity contribution in [2.24, 2.45) is 5.92 Å². The summed E-state index contributed by atoms with van der Waals surface area (Å²) in [5.74, 6) is 1.83. The molecule has 0 aromatic carbocycles. The third-order valence-electron chi connectivity index (χ3n) is 3.26. The van der Waals surface area contributed by atoms with Crippen LogP contribution in [0.4, 0.5) is 5.82 Å². The first-order valence-electron chi connectivity index (χ1n) is 6.28. The van der Waals surface area contributed by atoms with Gasteiger partial charge in [-0.05, 0) is 56.0 Å². The molecule has 88 valence electrons. The van der Waals surface area contributed by atoms with Crippen molar-refractivity contribution in [3.63, 3.8) is 0 Å². The second-order valence-corrected chi connectivity index (χ2v) is 4.48. The fraction of sp³-hybridized carbons (Fsp3) is 0.615. The minimum Gasteiger partial charge on any atom is -0.370 e. The van der Waals surface area contributed by atoms with Gasteiger partial charge >= 0.3 is 0 Å². The first-order valence-corrected chi connectivity index (χ1v) is 6.28. The average molecular weight is 219 g/mol. The molecule has 1 aromatic heterocycles. The SMILES string of the molecule is CCc1ccnc(NCC2CCNCC2)c1. The predicted octanol–water partition coefficient (Wildman–Crippen LogP) is 2.06. The molecule has 1 aliphatic rings. The van der Waals surface area contributed by atoms with E-state index in [9.17, 15) is 0 Å². The van der Waals surface area contributed by atoms with E-state index in [1.54, 1.807) is 0 Å². The molecule has 0 amide bonds. The van der Waals surface area contributed by atoms with Gasteiger partial charge in [0.1, 0.15) is 5.82 Å². The first-order chi connectivity index (χ1) is 7.88. The largest absolute Gasteiger partial charge is 0.370 e. The highest BCUT2D eigenvalue weighted by molar-refractivity contribution is 5.37. The van der Waals surface area contributed by atoms with Crippen molar-refractivity contribution in [3.8, 4) is 0 Å². The van der Waals surface area contributed by atoms with Crippen molar-refractivity contribution in [2.45, 2.75) is 26.2 Å². The van der Waals surface area contributed by atoms with E-state index in [1.807, 2.05) is 6.20 Å². The van der Waals surface area contributed by atoms with E-state index in [1.165, 1.54) is 18.4 Å². The maximum atomic E-state index is 4.35. The van der Waals surface area contributed by atoms with Gasteiger partial charge in [0.05, 0.1) is 0 Å². The molecule has 1 aliphatic heterocycles. The molecule has 3 heteroatoms. The zero-order valence-electron chi connectivity index (χ0n) is 10.00. The van der Waals surface area contributed by atoms with Gasteiger partial charge in [-0.15, -0.1) is 0 Å². The zero-order chi connectivity index (χ0) is 11.2. The maximum absolute atomic E-state index is 4.35. The Labute approximate surface area is 97.7 Å². The topological polar surface area (TPSA) is 37.0 Å². The molecule has 1 aromatic rings. The van der Waals surface area contributed by atoms with E-state index >= 15 is 0 Å². The number of piperidine rings is 1. The van der Waals surface area contributed by atoms with Gasteiger partial charge in [0.15, 0.2) is 0 Å². The van der Waals surface area contributed by atoms with Crippen molar-refractivity contribution >= 4 is 5.82 Å². The van der Waals surface area contributed by atoms with Crippen LogP contribution in [0, 0.1) is 5.92 Å². The van der Waals surface area contributed by atoms with E-state index in [-0.39, 0.29) is 0 Å². The molecule has 0 aliphatic carbocycles. The number of nitrogens with zero attached hydrogens (tertiary/aromatic N) is 1. The van der Waals surface area contributed by atoms with Gasteiger partial charge in [0.25, 0.3) is 0 Å². The van der Waals surface area contributed by atoms with Crippen LogP contribution < -0.4 is 10.6 Å². The monoisotopic (exact) mass is 219 g/mol. The van der Waals surface area contributed by atoms with Crippen LogP contribution in [-0.4, -0.2) is 24.6 Å². The third-order valence-corrected chi connectivity index (χ3v) is 3.26. The number of pyridine rings is 1. The van der Waals surface area contributed by atoms with Gasteiger partial charge < -0.3 is 10.6 Å². The number of aryl methyl sites for hydroxylation is 1. The molecule has 0 unspecified atom stereocenters. The molecule has 0 spiro atoms. The summed E-state index contributed by atoms with van der Waals surface area (Å²) < 4.78 is 0. The molecule has 3 nitrogen and oxygen atoms in total. The van der Waals surface area contributed by atoms with Crippen LogP contribution in [0.3, 0.4) is 0 Å². The lowest BCUT2D eigenvalue weighted by Gasteiger charge is -2.23. The summed E-state index contributed by atoms with van der Waals surface area (Å²) in [7, 11) is 0. The third kappa shape index (κ3) is 3.20. The summed E-state index contributed by atoms with van der Waals surface area (Å²) in [6, 6.07) is 4.23. The van der Waals surface area contributed by atoms with Gasteiger partial charge in [-0.2, -0.15) is 0 Å². The summed E-state index contributed by atoms with van der Waals surface area (Å²) >= 11 is 0. The molecule has 0 saturated carbocycles. The Morgan fingerprint density at radius 1 is 1.44 bits per heavy atom. The van der Waals surface area contributed by atoms with Crippen molar-refractivity contribution in [1.29, 1.82) is 0 Å². The van der Waals surface area contributed by atoms with Crippen molar-refractivity contribution in [3.05, 3.63) is 23.9 Å². The van der Waals surface area contributed by atoms with Gasteiger partial charge in [0.2, 0.25) is 0 Å². The molecule has 2 N–H and O–H groups in total. The van der Waals surface area contributed by atoms with Crippen molar-refractivity contribution in [1.82, 2.24) is 10.3 Å². The molecule has 0 bridgehead atoms. The normalized spacial score (nSPS) is 17.3. The molecule has 0 atom stereocenters. The van der Waals surface area contributed by atoms with Crippen LogP contribution in [0.25, 0.3) is 0 Å². The van der Waals surface area contributed by atoms with Gasteiger partial charge in [-0.3, -0.25) is 0 Å². The van der Waals surface area contributed by atoms with E-state index in [2.05, 4.69) is 34.7 Å². The zero-order valence-corrected chi connectivity index (χ0v) is 10.00. The van der Waals surface area contributed by atoms with E-state index in [0.29, 0.717) is 0 Å². The lowest BCUT2D eigenvalue weighted by atomic mass is 9.98. The van der Waals surface area contributed by atoms with Crippen molar-refractivity contribution in [2.75, 3.05) is 25.0 Å². The van der Waals surface area contributed by atoms with Crippen LogP contribution in [0.15, 0.2) is 18.3 Å². The molecule has 0 radical (unpaired) electrons. The molecular weight excluding hydrogens is 198 g/mol. The molecule has 2 rings (SSSR count). The summed E-state index contributed by atoms with van der Waals surface area (Å²) in [6.07, 6.45) is 5.52. The number of nitrogens with one attached hydrogen (secondary N) is 2. The Hall–Kier alpha value is -1.09. The number of hydrogen-bond donors (Lipinski definition) is 2. The van der Waals surface area contributed by atoms with Gasteiger partial charge in [-0.25, -0.2) is 4.98 Å². The minimum absolute atomic E-state index is 0.799. The standard InChI is InChI=1S/C13H21N3/c1-2-11-5-8-15-13(9-11)16-10-12-3-6-14-7-4-12/h5,8-9,12,14H,2-4,6-7,10H2,1H3,(H,15,16). The Balaban J connectivity index is 1.83. The molecule has 16 heavy (non-hydrogen) atoms. The maximum Gasteiger partial charge on any atom is 0.126 e. The Kier molecular flexibility index (Phi) is 4.17. The number of anilines is 1. The Morgan fingerprint density at radius 3 is 3.00 bits per heavy atom. The number of hydrogen-bond acceptors (Lipinski definition) is 3. The van der Waals surface area contributed by atoms with Crippen LogP contribution in [0.1, 0.15) is 25.3 Å². The highest BCUT2D eigenvalue weighted by Gasteiger charge is 2.12. The Bertz CT molecular complexity index is 319. The lowest BCUT2D eigenvalue weighted by molar-refractivity contribution is 0.389. The van der Waals surface area contributed by atoms with Gasteiger partial charge in [-0.1, -0.05) is 6.92 Å². The summed E-state index contributed by atoms with van der Waals surface area (Å²) in [6.45, 7) is 5.55. The summed E-state index contributed by atoms with van der Waals surface area (Å²) in [5, 5.41) is 6.84. The average Bonchev–Trinajstić information content (AvgIpc) is 2.38.